The zero-order chi connectivity index (χ0) is 15.9. The highest BCUT2D eigenvalue weighted by molar-refractivity contribution is 6.30. The summed E-state index contributed by atoms with van der Waals surface area (Å²) in [4.78, 5) is 27.1. The van der Waals surface area contributed by atoms with Gasteiger partial charge in [-0.15, -0.1) is 0 Å². The summed E-state index contributed by atoms with van der Waals surface area (Å²) in [6.07, 6.45) is 0. The number of urea groups is 1. The zero-order valence-electron chi connectivity index (χ0n) is 12.5. The van der Waals surface area contributed by atoms with Gasteiger partial charge in [0.15, 0.2) is 0 Å². The normalized spacial score (nSPS) is 14.6. The fraction of sp³-hybridized carbons (Fsp3) is 0.467. The molecule has 0 atom stereocenters. The number of esters is 1. The van der Waals surface area contributed by atoms with Crippen LogP contribution in [0, 0.1) is 0 Å². The van der Waals surface area contributed by atoms with E-state index in [1.165, 1.54) is 0 Å². The average Bonchev–Trinajstić information content (AvgIpc) is 2.53. The lowest BCUT2D eigenvalue weighted by molar-refractivity contribution is -0.141. The van der Waals surface area contributed by atoms with Gasteiger partial charge >= 0.3 is 12.0 Å². The molecule has 1 aliphatic heterocycles. The molecule has 1 aliphatic rings. The first kappa shape index (κ1) is 16.4. The van der Waals surface area contributed by atoms with Crippen molar-refractivity contribution in [1.29, 1.82) is 0 Å². The van der Waals surface area contributed by atoms with Crippen LogP contribution in [0.5, 0.6) is 0 Å². The number of ether oxygens (including phenoxy) is 1. The number of carbonyl (C=O) groups is 2. The van der Waals surface area contributed by atoms with Gasteiger partial charge in [-0.2, -0.15) is 0 Å². The maximum atomic E-state index is 12.0. The molecule has 0 bridgehead atoms. The minimum atomic E-state index is -0.423. The van der Waals surface area contributed by atoms with Crippen LogP contribution >= 0.6 is 11.6 Å². The van der Waals surface area contributed by atoms with Crippen molar-refractivity contribution >= 4 is 29.3 Å². The molecular weight excluding hydrogens is 306 g/mol. The van der Waals surface area contributed by atoms with Gasteiger partial charge in [-0.1, -0.05) is 17.7 Å². The Balaban J connectivity index is 1.79. The van der Waals surface area contributed by atoms with Crippen molar-refractivity contribution in [3.63, 3.8) is 0 Å². The van der Waals surface area contributed by atoms with Gasteiger partial charge in [0.05, 0.1) is 6.61 Å². The van der Waals surface area contributed by atoms with Gasteiger partial charge in [0.1, 0.15) is 6.54 Å². The summed E-state index contributed by atoms with van der Waals surface area (Å²) in [6.45, 7) is 4.60. The summed E-state index contributed by atoms with van der Waals surface area (Å²) in [7, 11) is 0. The number of halogens is 1. The number of anilines is 1. The number of carbonyl (C=O) groups excluding carboxylic acids is 2. The Morgan fingerprint density at radius 1 is 1.27 bits per heavy atom. The van der Waals surface area contributed by atoms with E-state index < -0.39 is 5.97 Å². The van der Waals surface area contributed by atoms with Gasteiger partial charge in [-0.05, 0) is 25.1 Å². The Hall–Kier alpha value is -1.95. The van der Waals surface area contributed by atoms with Crippen molar-refractivity contribution in [2.75, 3.05) is 44.2 Å². The quantitative estimate of drug-likeness (QED) is 0.857. The molecule has 1 aromatic carbocycles. The molecule has 1 fully saturated rings. The molecule has 0 aliphatic carbocycles. The molecule has 2 rings (SSSR count). The Kier molecular flexibility index (Phi) is 5.89. The highest BCUT2D eigenvalue weighted by atomic mass is 35.5. The molecule has 2 amide bonds. The van der Waals surface area contributed by atoms with Crippen LogP contribution in [-0.2, 0) is 9.53 Å². The second kappa shape index (κ2) is 7.89. The molecule has 0 saturated carbocycles. The SMILES string of the molecule is CCOC(=O)CNC(=O)N1CCN(c2cccc(Cl)c2)CC1. The minimum absolute atomic E-state index is 0.0961. The molecule has 1 aromatic rings. The summed E-state index contributed by atoms with van der Waals surface area (Å²) in [5.74, 6) is -0.423. The van der Waals surface area contributed by atoms with Gasteiger partial charge in [0, 0.05) is 36.9 Å². The summed E-state index contributed by atoms with van der Waals surface area (Å²) < 4.78 is 4.77. The van der Waals surface area contributed by atoms with E-state index in [1.807, 2.05) is 24.3 Å². The van der Waals surface area contributed by atoms with Crippen LogP contribution < -0.4 is 10.2 Å². The first-order chi connectivity index (χ1) is 10.6. The predicted octanol–water partition coefficient (Wildman–Crippen LogP) is 1.73. The van der Waals surface area contributed by atoms with Crippen molar-refractivity contribution in [2.24, 2.45) is 0 Å². The Morgan fingerprint density at radius 2 is 2.00 bits per heavy atom. The van der Waals surface area contributed by atoms with E-state index in [0.29, 0.717) is 24.7 Å². The van der Waals surface area contributed by atoms with E-state index >= 15 is 0 Å². The second-order valence-electron chi connectivity index (χ2n) is 4.92. The van der Waals surface area contributed by atoms with Gasteiger partial charge in [0.25, 0.3) is 0 Å². The summed E-state index contributed by atoms with van der Waals surface area (Å²) in [5.41, 5.74) is 1.05. The number of benzene rings is 1. The second-order valence-corrected chi connectivity index (χ2v) is 5.35. The highest BCUT2D eigenvalue weighted by Crippen LogP contribution is 2.20. The van der Waals surface area contributed by atoms with Gasteiger partial charge < -0.3 is 19.9 Å². The van der Waals surface area contributed by atoms with E-state index in [0.717, 1.165) is 18.8 Å². The number of nitrogens with one attached hydrogen (secondary N) is 1. The molecule has 0 spiro atoms. The van der Waals surface area contributed by atoms with E-state index in [4.69, 9.17) is 16.3 Å². The molecule has 1 saturated heterocycles. The number of nitrogens with zero attached hydrogens (tertiary/aromatic N) is 2. The van der Waals surface area contributed by atoms with Crippen LogP contribution in [0.2, 0.25) is 5.02 Å². The van der Waals surface area contributed by atoms with E-state index in [2.05, 4.69) is 10.2 Å². The predicted molar refractivity (Wildman–Crippen MR) is 85.3 cm³/mol. The maximum Gasteiger partial charge on any atom is 0.325 e. The third kappa shape index (κ3) is 4.53. The lowest BCUT2D eigenvalue weighted by Gasteiger charge is -2.36. The first-order valence-corrected chi connectivity index (χ1v) is 7.67. The van der Waals surface area contributed by atoms with Crippen LogP contribution in [0.1, 0.15) is 6.92 Å². The molecule has 1 N–H and O–H groups in total. The smallest absolute Gasteiger partial charge is 0.325 e. The van der Waals surface area contributed by atoms with Crippen molar-refractivity contribution in [1.82, 2.24) is 10.2 Å². The van der Waals surface area contributed by atoms with Gasteiger partial charge in [-0.3, -0.25) is 4.79 Å². The molecule has 120 valence electrons. The van der Waals surface area contributed by atoms with Crippen molar-refractivity contribution in [2.45, 2.75) is 6.92 Å². The zero-order valence-corrected chi connectivity index (χ0v) is 13.3. The molecule has 0 unspecified atom stereocenters. The van der Waals surface area contributed by atoms with Crippen LogP contribution in [0.4, 0.5) is 10.5 Å². The van der Waals surface area contributed by atoms with Gasteiger partial charge in [0.2, 0.25) is 0 Å². The maximum absolute atomic E-state index is 12.0. The number of amides is 2. The molecule has 6 nitrogen and oxygen atoms in total. The van der Waals surface area contributed by atoms with Crippen LogP contribution in [0.15, 0.2) is 24.3 Å². The molecule has 0 aromatic heterocycles. The molecule has 0 radical (unpaired) electrons. The Bertz CT molecular complexity index is 531. The standard InChI is InChI=1S/C15H20ClN3O3/c1-2-22-14(20)11-17-15(21)19-8-6-18(7-9-19)13-5-3-4-12(16)10-13/h3-5,10H,2,6-9,11H2,1H3,(H,17,21). The third-order valence-electron chi connectivity index (χ3n) is 3.43. The number of rotatable bonds is 4. The van der Waals surface area contributed by atoms with Crippen molar-refractivity contribution < 1.29 is 14.3 Å². The summed E-state index contributed by atoms with van der Waals surface area (Å²) in [5, 5.41) is 3.27. The van der Waals surface area contributed by atoms with Crippen molar-refractivity contribution in [3.05, 3.63) is 29.3 Å². The molecular formula is C15H20ClN3O3. The summed E-state index contributed by atoms with van der Waals surface area (Å²) >= 11 is 5.99. The lowest BCUT2D eigenvalue weighted by Crippen LogP contribution is -2.52. The van der Waals surface area contributed by atoms with Crippen LogP contribution in [0.3, 0.4) is 0 Å². The highest BCUT2D eigenvalue weighted by Gasteiger charge is 2.21. The molecule has 22 heavy (non-hydrogen) atoms. The minimum Gasteiger partial charge on any atom is -0.465 e. The fourth-order valence-electron chi connectivity index (χ4n) is 2.31. The topological polar surface area (TPSA) is 61.9 Å². The Morgan fingerprint density at radius 3 is 2.64 bits per heavy atom. The van der Waals surface area contributed by atoms with E-state index in [9.17, 15) is 9.59 Å². The Labute approximate surface area is 135 Å². The van der Waals surface area contributed by atoms with Crippen LogP contribution in [-0.4, -0.2) is 56.2 Å². The largest absolute Gasteiger partial charge is 0.465 e. The monoisotopic (exact) mass is 325 g/mol. The molecule has 1 heterocycles. The van der Waals surface area contributed by atoms with E-state index in [-0.39, 0.29) is 12.6 Å². The number of hydrogen-bond donors (Lipinski definition) is 1. The third-order valence-corrected chi connectivity index (χ3v) is 3.66. The van der Waals surface area contributed by atoms with Crippen molar-refractivity contribution in [3.8, 4) is 0 Å². The lowest BCUT2D eigenvalue weighted by atomic mass is 10.2. The first-order valence-electron chi connectivity index (χ1n) is 7.29. The fourth-order valence-corrected chi connectivity index (χ4v) is 2.50. The van der Waals surface area contributed by atoms with E-state index in [1.54, 1.807) is 11.8 Å². The number of hydrogen-bond acceptors (Lipinski definition) is 4. The molecule has 7 heteroatoms. The van der Waals surface area contributed by atoms with Gasteiger partial charge in [-0.25, -0.2) is 4.79 Å². The van der Waals surface area contributed by atoms with Crippen LogP contribution in [0.25, 0.3) is 0 Å². The number of piperazine rings is 1. The average molecular weight is 326 g/mol. The summed E-state index contributed by atoms with van der Waals surface area (Å²) in [6, 6.07) is 7.43.